The molecule has 15 heavy (non-hydrogen) atoms. The summed E-state index contributed by atoms with van der Waals surface area (Å²) in [6, 6.07) is 6.48. The molecule has 1 aromatic carbocycles. The van der Waals surface area contributed by atoms with Crippen molar-refractivity contribution in [3.8, 4) is 5.75 Å². The predicted molar refractivity (Wildman–Crippen MR) is 70.8 cm³/mol. The van der Waals surface area contributed by atoms with Gasteiger partial charge >= 0.3 is 0 Å². The van der Waals surface area contributed by atoms with Gasteiger partial charge in [0.05, 0.1) is 7.11 Å². The molecule has 84 valence electrons. The van der Waals surface area contributed by atoms with E-state index in [2.05, 4.69) is 50.2 Å². The fourth-order valence-corrected chi connectivity index (χ4v) is 1.86. The van der Waals surface area contributed by atoms with Crippen LogP contribution >= 0.6 is 31.9 Å². The number of methoxy groups -OCH3 is 1. The van der Waals surface area contributed by atoms with E-state index < -0.39 is 0 Å². The van der Waals surface area contributed by atoms with Crippen molar-refractivity contribution >= 4 is 31.9 Å². The molecule has 0 aliphatic heterocycles. The summed E-state index contributed by atoms with van der Waals surface area (Å²) in [6.45, 7) is 2.95. The Morgan fingerprint density at radius 1 is 1.47 bits per heavy atom. The van der Waals surface area contributed by atoms with Gasteiger partial charge in [0.1, 0.15) is 5.75 Å². The van der Waals surface area contributed by atoms with Gasteiger partial charge in [-0.15, -0.1) is 0 Å². The van der Waals surface area contributed by atoms with Crippen molar-refractivity contribution in [2.24, 2.45) is 0 Å². The molecule has 0 heterocycles. The molecule has 0 saturated carbocycles. The van der Waals surface area contributed by atoms with E-state index in [9.17, 15) is 0 Å². The van der Waals surface area contributed by atoms with E-state index in [1.165, 1.54) is 5.56 Å². The highest BCUT2D eigenvalue weighted by Crippen LogP contribution is 2.22. The smallest absolute Gasteiger partial charge is 0.123 e. The van der Waals surface area contributed by atoms with Gasteiger partial charge in [0.25, 0.3) is 0 Å². The number of ether oxygens (including phenoxy) is 1. The van der Waals surface area contributed by atoms with E-state index in [0.29, 0.717) is 6.04 Å². The highest BCUT2D eigenvalue weighted by atomic mass is 79.9. The zero-order valence-corrected chi connectivity index (χ0v) is 12.1. The van der Waals surface area contributed by atoms with E-state index in [1.54, 1.807) is 7.11 Å². The highest BCUT2D eigenvalue weighted by molar-refractivity contribution is 9.10. The van der Waals surface area contributed by atoms with Crippen LogP contribution in [0.15, 0.2) is 22.7 Å². The fraction of sp³-hybridized carbons (Fsp3) is 0.455. The Hall–Kier alpha value is -0.0600. The lowest BCUT2D eigenvalue weighted by molar-refractivity contribution is 0.406. The average Bonchev–Trinajstić information content (AvgIpc) is 2.26. The first-order valence-electron chi connectivity index (χ1n) is 4.79. The first-order valence-corrected chi connectivity index (χ1v) is 6.70. The van der Waals surface area contributed by atoms with Crippen LogP contribution in [-0.2, 0) is 6.54 Å². The van der Waals surface area contributed by atoms with E-state index in [-0.39, 0.29) is 0 Å². The maximum atomic E-state index is 5.29. The number of hydrogen-bond donors (Lipinski definition) is 1. The molecule has 0 fully saturated rings. The molecule has 0 spiro atoms. The molecule has 0 aliphatic rings. The van der Waals surface area contributed by atoms with E-state index in [0.717, 1.165) is 22.1 Å². The van der Waals surface area contributed by atoms with Crippen LogP contribution in [0.25, 0.3) is 0 Å². The normalized spacial score (nSPS) is 12.5. The van der Waals surface area contributed by atoms with Gasteiger partial charge in [-0.25, -0.2) is 0 Å². The third kappa shape index (κ3) is 4.13. The number of benzene rings is 1. The molecule has 4 heteroatoms. The van der Waals surface area contributed by atoms with Crippen LogP contribution in [0.3, 0.4) is 0 Å². The summed E-state index contributed by atoms with van der Waals surface area (Å²) in [6.07, 6.45) is 0. The number of rotatable bonds is 5. The van der Waals surface area contributed by atoms with Gasteiger partial charge in [0, 0.05) is 28.0 Å². The number of alkyl halides is 1. The summed E-state index contributed by atoms with van der Waals surface area (Å²) in [5, 5.41) is 4.35. The van der Waals surface area contributed by atoms with Gasteiger partial charge < -0.3 is 10.1 Å². The minimum absolute atomic E-state index is 0.452. The van der Waals surface area contributed by atoms with Crippen molar-refractivity contribution in [1.82, 2.24) is 5.32 Å². The molecule has 0 aliphatic carbocycles. The van der Waals surface area contributed by atoms with Crippen LogP contribution in [0, 0.1) is 0 Å². The summed E-state index contributed by atoms with van der Waals surface area (Å²) >= 11 is 6.89. The molecule has 1 rings (SSSR count). The zero-order valence-electron chi connectivity index (χ0n) is 8.89. The molecule has 1 N–H and O–H groups in total. The first kappa shape index (κ1) is 13.0. The lowest BCUT2D eigenvalue weighted by Gasteiger charge is -2.13. The van der Waals surface area contributed by atoms with Crippen molar-refractivity contribution in [3.63, 3.8) is 0 Å². The van der Waals surface area contributed by atoms with Crippen molar-refractivity contribution in [1.29, 1.82) is 0 Å². The Balaban J connectivity index is 2.69. The summed E-state index contributed by atoms with van der Waals surface area (Å²) in [4.78, 5) is 0. The Kier molecular flexibility index (Phi) is 5.64. The monoisotopic (exact) mass is 335 g/mol. The van der Waals surface area contributed by atoms with Gasteiger partial charge in [-0.05, 0) is 25.1 Å². The summed E-state index contributed by atoms with van der Waals surface area (Å²) < 4.78 is 6.37. The molecule has 0 bridgehead atoms. The molecule has 0 saturated heterocycles. The highest BCUT2D eigenvalue weighted by Gasteiger charge is 2.05. The topological polar surface area (TPSA) is 21.3 Å². The summed E-state index contributed by atoms with van der Waals surface area (Å²) in [7, 11) is 1.70. The van der Waals surface area contributed by atoms with Crippen LogP contribution in [0.1, 0.15) is 12.5 Å². The molecule has 0 amide bonds. The third-order valence-electron chi connectivity index (χ3n) is 2.11. The van der Waals surface area contributed by atoms with Crippen molar-refractivity contribution in [3.05, 3.63) is 28.2 Å². The minimum Gasteiger partial charge on any atom is -0.496 e. The molecule has 2 nitrogen and oxygen atoms in total. The predicted octanol–water partition coefficient (Wildman–Crippen LogP) is 3.33. The third-order valence-corrected chi connectivity index (χ3v) is 3.58. The molecule has 0 aromatic heterocycles. The van der Waals surface area contributed by atoms with Gasteiger partial charge in [-0.3, -0.25) is 0 Å². The van der Waals surface area contributed by atoms with Gasteiger partial charge in [-0.2, -0.15) is 0 Å². The molecule has 1 aromatic rings. The molecule has 0 radical (unpaired) electrons. The Morgan fingerprint density at radius 2 is 2.20 bits per heavy atom. The number of nitrogens with one attached hydrogen (secondary N) is 1. The van der Waals surface area contributed by atoms with Gasteiger partial charge in [0.15, 0.2) is 0 Å². The average molecular weight is 337 g/mol. The van der Waals surface area contributed by atoms with Crippen molar-refractivity contribution in [2.75, 3.05) is 12.4 Å². The standard InChI is InChI=1S/C11H15Br2NO/c1-8(6-12)14-7-9-5-10(13)3-4-11(9)15-2/h3-5,8,14H,6-7H2,1-2H3. The van der Waals surface area contributed by atoms with Crippen molar-refractivity contribution in [2.45, 2.75) is 19.5 Å². The maximum absolute atomic E-state index is 5.29. The number of halogens is 2. The molecule has 1 unspecified atom stereocenters. The number of hydrogen-bond acceptors (Lipinski definition) is 2. The van der Waals surface area contributed by atoms with Gasteiger partial charge in [0.2, 0.25) is 0 Å². The fourth-order valence-electron chi connectivity index (χ4n) is 1.22. The van der Waals surface area contributed by atoms with Crippen LogP contribution in [0.2, 0.25) is 0 Å². The minimum atomic E-state index is 0.452. The zero-order chi connectivity index (χ0) is 11.3. The quantitative estimate of drug-likeness (QED) is 0.833. The second-order valence-corrected chi connectivity index (χ2v) is 4.96. The molecule has 1 atom stereocenters. The van der Waals surface area contributed by atoms with E-state index in [1.807, 2.05) is 12.1 Å². The lowest BCUT2D eigenvalue weighted by Crippen LogP contribution is -2.26. The van der Waals surface area contributed by atoms with Crippen molar-refractivity contribution < 1.29 is 4.74 Å². The second kappa shape index (κ2) is 6.51. The van der Waals surface area contributed by atoms with Crippen LogP contribution in [-0.4, -0.2) is 18.5 Å². The lowest BCUT2D eigenvalue weighted by atomic mass is 10.2. The van der Waals surface area contributed by atoms with E-state index in [4.69, 9.17) is 4.74 Å². The van der Waals surface area contributed by atoms with Crippen LogP contribution in [0.5, 0.6) is 5.75 Å². The Labute approximate surface area is 108 Å². The van der Waals surface area contributed by atoms with E-state index >= 15 is 0 Å². The first-order chi connectivity index (χ1) is 7.17. The Bertz CT molecular complexity index is 317. The molecular weight excluding hydrogens is 322 g/mol. The molecular formula is C11H15Br2NO. The summed E-state index contributed by atoms with van der Waals surface area (Å²) in [5.41, 5.74) is 1.17. The van der Waals surface area contributed by atoms with Crippen LogP contribution < -0.4 is 10.1 Å². The van der Waals surface area contributed by atoms with Crippen LogP contribution in [0.4, 0.5) is 0 Å². The van der Waals surface area contributed by atoms with Gasteiger partial charge in [-0.1, -0.05) is 31.9 Å². The largest absolute Gasteiger partial charge is 0.496 e. The second-order valence-electron chi connectivity index (χ2n) is 3.39. The maximum Gasteiger partial charge on any atom is 0.123 e. The Morgan fingerprint density at radius 3 is 2.80 bits per heavy atom. The summed E-state index contributed by atoms with van der Waals surface area (Å²) in [5.74, 6) is 0.924. The SMILES string of the molecule is COc1ccc(Br)cc1CNC(C)CBr.